The van der Waals surface area contributed by atoms with Gasteiger partial charge in [0, 0.05) is 10.6 Å². The van der Waals surface area contributed by atoms with E-state index in [9.17, 15) is 14.7 Å². The Morgan fingerprint density at radius 1 is 0.970 bits per heavy atom. The molecule has 2 saturated heterocycles. The minimum atomic E-state index is -1.11. The third-order valence-electron chi connectivity index (χ3n) is 5.83. The molecule has 9 heteroatoms. The molecule has 0 bridgehead atoms. The summed E-state index contributed by atoms with van der Waals surface area (Å²) in [6.45, 7) is 0. The van der Waals surface area contributed by atoms with E-state index in [-0.39, 0.29) is 21.4 Å². The van der Waals surface area contributed by atoms with Gasteiger partial charge in [0.05, 0.1) is 29.5 Å². The normalized spacial score (nSPS) is 22.1. The highest BCUT2D eigenvalue weighted by Gasteiger charge is 2.61. The molecule has 33 heavy (non-hydrogen) atoms. The second-order valence-electron chi connectivity index (χ2n) is 7.67. The van der Waals surface area contributed by atoms with Crippen LogP contribution < -0.4 is 14.7 Å². The van der Waals surface area contributed by atoms with E-state index in [0.29, 0.717) is 17.1 Å². The Morgan fingerprint density at radius 3 is 2.39 bits per heavy atom. The molecule has 2 aliphatic heterocycles. The van der Waals surface area contributed by atoms with Crippen molar-refractivity contribution in [2.75, 3.05) is 17.1 Å². The van der Waals surface area contributed by atoms with Crippen molar-refractivity contribution in [3.8, 4) is 11.5 Å². The second-order valence-corrected chi connectivity index (χ2v) is 8.51. The molecule has 2 fully saturated rings. The maximum absolute atomic E-state index is 13.7. The molecular weight excluding hydrogens is 467 g/mol. The van der Waals surface area contributed by atoms with E-state index in [0.717, 1.165) is 4.90 Å². The Balaban J connectivity index is 1.65. The van der Waals surface area contributed by atoms with Gasteiger partial charge in [-0.05, 0) is 36.4 Å². The van der Waals surface area contributed by atoms with Crippen molar-refractivity contribution in [1.82, 2.24) is 0 Å². The molecule has 3 aromatic rings. The van der Waals surface area contributed by atoms with Gasteiger partial charge < -0.3 is 9.84 Å². The molecule has 1 N–H and O–H groups in total. The summed E-state index contributed by atoms with van der Waals surface area (Å²) in [6, 6.07) is 17.8. The Morgan fingerprint density at radius 2 is 1.67 bits per heavy atom. The first kappa shape index (κ1) is 21.6. The number of phenols is 1. The van der Waals surface area contributed by atoms with Gasteiger partial charge >= 0.3 is 0 Å². The van der Waals surface area contributed by atoms with Crippen LogP contribution in [0.3, 0.4) is 0 Å². The van der Waals surface area contributed by atoms with Crippen LogP contribution in [0.5, 0.6) is 11.5 Å². The average molecular weight is 485 g/mol. The summed E-state index contributed by atoms with van der Waals surface area (Å²) < 4.78 is 5.36. The van der Waals surface area contributed by atoms with E-state index in [4.69, 9.17) is 32.8 Å². The number of hydrogen-bond donors (Lipinski definition) is 1. The van der Waals surface area contributed by atoms with Gasteiger partial charge in [-0.3, -0.25) is 14.4 Å². The Bertz CT molecular complexity index is 1250. The van der Waals surface area contributed by atoms with Gasteiger partial charge in [0.25, 0.3) is 5.91 Å². The van der Waals surface area contributed by atoms with Gasteiger partial charge in [0.2, 0.25) is 5.91 Å². The van der Waals surface area contributed by atoms with Crippen molar-refractivity contribution in [3.05, 3.63) is 82.3 Å². The maximum Gasteiger partial charge on any atom is 0.266 e. The molecule has 3 atom stereocenters. The van der Waals surface area contributed by atoms with Crippen LogP contribution in [0, 0.1) is 5.92 Å². The molecule has 0 radical (unpaired) electrons. The van der Waals surface area contributed by atoms with E-state index in [1.807, 2.05) is 6.07 Å². The lowest BCUT2D eigenvalue weighted by Gasteiger charge is -2.29. The van der Waals surface area contributed by atoms with Crippen molar-refractivity contribution < 1.29 is 24.3 Å². The minimum Gasteiger partial charge on any atom is -0.506 e. The number of methoxy groups -OCH3 is 1. The minimum absolute atomic E-state index is 0.0346. The molecule has 2 heterocycles. The average Bonchev–Trinajstić information content (AvgIpc) is 3.32. The van der Waals surface area contributed by atoms with E-state index < -0.39 is 29.9 Å². The summed E-state index contributed by atoms with van der Waals surface area (Å²) in [4.78, 5) is 34.3. The van der Waals surface area contributed by atoms with E-state index >= 15 is 0 Å². The molecule has 0 aromatic heterocycles. The van der Waals surface area contributed by atoms with Gasteiger partial charge in [-0.15, -0.1) is 0 Å². The fraction of sp³-hybridized carbons (Fsp3) is 0.167. The van der Waals surface area contributed by atoms with E-state index in [1.54, 1.807) is 48.5 Å². The molecule has 168 valence electrons. The fourth-order valence-corrected chi connectivity index (χ4v) is 4.90. The third-order valence-corrected chi connectivity index (χ3v) is 6.33. The third kappa shape index (κ3) is 3.40. The van der Waals surface area contributed by atoms with Crippen LogP contribution in [0.4, 0.5) is 11.4 Å². The zero-order valence-corrected chi connectivity index (χ0v) is 18.8. The molecule has 0 aliphatic carbocycles. The molecule has 0 unspecified atom stereocenters. The second kappa shape index (κ2) is 8.26. The smallest absolute Gasteiger partial charge is 0.266 e. The first-order valence-electron chi connectivity index (χ1n) is 10.1. The van der Waals surface area contributed by atoms with E-state index in [1.165, 1.54) is 24.3 Å². The van der Waals surface area contributed by atoms with Gasteiger partial charge in [0.1, 0.15) is 17.4 Å². The number of halogens is 2. The van der Waals surface area contributed by atoms with Crippen LogP contribution in [0.1, 0.15) is 11.6 Å². The van der Waals surface area contributed by atoms with Crippen molar-refractivity contribution in [2.24, 2.45) is 5.92 Å². The van der Waals surface area contributed by atoms with Crippen molar-refractivity contribution in [1.29, 1.82) is 0 Å². The molecule has 0 saturated carbocycles. The van der Waals surface area contributed by atoms with Crippen molar-refractivity contribution >= 4 is 46.4 Å². The number of hydroxylamine groups is 1. The Kier molecular flexibility index (Phi) is 5.40. The molecule has 2 amide bonds. The Hall–Kier alpha value is -3.26. The SMILES string of the molecule is COc1ccccc1N1C(=O)[C@H]2[C@H](ON(c3ccccc3)[C@H]2c2cc(Cl)cc(Cl)c2O)C1=O. The topological polar surface area (TPSA) is 79.3 Å². The maximum atomic E-state index is 13.7. The number of aromatic hydroxyl groups is 1. The quantitative estimate of drug-likeness (QED) is 0.537. The molecule has 3 aromatic carbocycles. The van der Waals surface area contributed by atoms with Crippen molar-refractivity contribution in [2.45, 2.75) is 12.1 Å². The zero-order valence-electron chi connectivity index (χ0n) is 17.3. The highest BCUT2D eigenvalue weighted by atomic mass is 35.5. The number of nitrogens with zero attached hydrogens (tertiary/aromatic N) is 2. The van der Waals surface area contributed by atoms with Crippen LogP contribution in [-0.2, 0) is 14.4 Å². The molecule has 0 spiro atoms. The highest BCUT2D eigenvalue weighted by molar-refractivity contribution is 6.35. The number of phenolic OH excluding ortho intramolecular Hbond substituents is 1. The van der Waals surface area contributed by atoms with Gasteiger partial charge in [-0.1, -0.05) is 53.5 Å². The summed E-state index contributed by atoms with van der Waals surface area (Å²) in [5.41, 5.74) is 1.22. The number of anilines is 2. The van der Waals surface area contributed by atoms with Crippen molar-refractivity contribution in [3.63, 3.8) is 0 Å². The largest absolute Gasteiger partial charge is 0.506 e. The van der Waals surface area contributed by atoms with E-state index in [2.05, 4.69) is 0 Å². The lowest BCUT2D eigenvalue weighted by Crippen LogP contribution is -2.37. The number of carbonyl (C=O) groups excluding carboxylic acids is 2. The lowest BCUT2D eigenvalue weighted by molar-refractivity contribution is -0.126. The molecule has 2 aliphatic rings. The zero-order chi connectivity index (χ0) is 23.3. The first-order valence-corrected chi connectivity index (χ1v) is 10.9. The van der Waals surface area contributed by atoms with Crippen LogP contribution in [0.15, 0.2) is 66.7 Å². The number of imide groups is 1. The summed E-state index contributed by atoms with van der Waals surface area (Å²) in [6.07, 6.45) is -1.11. The Labute approximate surface area is 199 Å². The molecular formula is C24H18Cl2N2O5. The number of rotatable bonds is 4. The number of fused-ring (bicyclic) bond motifs is 1. The number of carbonyl (C=O) groups is 2. The van der Waals surface area contributed by atoms with Crippen LogP contribution in [-0.4, -0.2) is 30.1 Å². The summed E-state index contributed by atoms with van der Waals surface area (Å²) in [5, 5.41) is 12.6. The predicted molar refractivity (Wildman–Crippen MR) is 124 cm³/mol. The van der Waals surface area contributed by atoms with Crippen LogP contribution in [0.2, 0.25) is 10.0 Å². The summed E-state index contributed by atoms with van der Waals surface area (Å²) >= 11 is 12.4. The number of ether oxygens (including phenoxy) is 1. The monoisotopic (exact) mass is 484 g/mol. The molecule has 5 rings (SSSR count). The summed E-state index contributed by atoms with van der Waals surface area (Å²) in [7, 11) is 1.47. The fourth-order valence-electron chi connectivity index (χ4n) is 4.39. The number of para-hydroxylation sites is 3. The standard InChI is InChI=1S/C24H18Cl2N2O5/c1-32-18-10-6-5-9-17(18)27-23(30)19-20(15-11-13(25)12-16(26)21(15)29)28(33-22(19)24(27)31)14-7-3-2-4-8-14/h2-12,19-20,22,29H,1H3/t19-,20+,22+/m1/s1. The lowest BCUT2D eigenvalue weighted by atomic mass is 9.90. The van der Waals surface area contributed by atoms with Crippen LogP contribution >= 0.6 is 23.2 Å². The van der Waals surface area contributed by atoms with Gasteiger partial charge in [0.15, 0.2) is 6.10 Å². The first-order chi connectivity index (χ1) is 15.9. The predicted octanol–water partition coefficient (Wildman–Crippen LogP) is 4.76. The van der Waals surface area contributed by atoms with Gasteiger partial charge in [-0.25, -0.2) is 9.96 Å². The highest BCUT2D eigenvalue weighted by Crippen LogP contribution is 2.51. The molecule has 7 nitrogen and oxygen atoms in total. The van der Waals surface area contributed by atoms with Gasteiger partial charge in [-0.2, -0.15) is 0 Å². The number of benzene rings is 3. The number of amides is 2. The number of hydrogen-bond acceptors (Lipinski definition) is 6. The summed E-state index contributed by atoms with van der Waals surface area (Å²) in [5.74, 6) is -1.81. The van der Waals surface area contributed by atoms with Crippen LogP contribution in [0.25, 0.3) is 0 Å².